The molecule has 1 aromatic rings. The Morgan fingerprint density at radius 1 is 1.05 bits per heavy atom. The number of hydrogen-bond donors (Lipinski definition) is 0. The van der Waals surface area contributed by atoms with E-state index >= 15 is 0 Å². The first kappa shape index (κ1) is 16.8. The van der Waals surface area contributed by atoms with Crippen LogP contribution in [0.25, 0.3) is 0 Å². The molecule has 0 aliphatic carbocycles. The zero-order valence-corrected chi connectivity index (χ0v) is 15.6. The second-order valence-electron chi connectivity index (χ2n) is 5.54. The van der Waals surface area contributed by atoms with Crippen molar-refractivity contribution in [2.24, 2.45) is 0 Å². The van der Waals surface area contributed by atoms with Crippen molar-refractivity contribution in [2.45, 2.75) is 65.7 Å². The first-order valence-corrected chi connectivity index (χ1v) is 15.3. The van der Waals surface area contributed by atoms with Gasteiger partial charge in [-0.3, -0.25) is 0 Å². The second-order valence-corrected chi connectivity index (χ2v) is 18.6. The van der Waals surface area contributed by atoms with Crippen molar-refractivity contribution in [2.75, 3.05) is 0 Å². The second kappa shape index (κ2) is 9.62. The number of unbranched alkanes of at least 4 members (excludes halogenated alkanes) is 3. The molecule has 106 valence electrons. The van der Waals surface area contributed by atoms with Gasteiger partial charge in [-0.1, -0.05) is 0 Å². The maximum atomic E-state index is 4.67. The number of hydrogen-bond acceptors (Lipinski definition) is 2. The molecule has 0 aromatic carbocycles. The Kier molecular flexibility index (Phi) is 8.51. The molecule has 0 saturated carbocycles. The summed E-state index contributed by atoms with van der Waals surface area (Å²) in [6.07, 6.45) is 11.4. The standard InChI is InChI=1S/C4H3N2.2C4H9.C4H8.Sn/c1-2-5-4-6-3-1;3*1-3-4-2;/h1-2,4H;2*1,3-4H2,2H3;1-4H2;/q;;;+1;. The molecule has 0 atom stereocenters. The molecule has 2 nitrogen and oxygen atoms in total. The van der Waals surface area contributed by atoms with E-state index in [9.17, 15) is 0 Å². The van der Waals surface area contributed by atoms with E-state index in [2.05, 4.69) is 36.8 Å². The van der Waals surface area contributed by atoms with Crippen molar-refractivity contribution in [3.8, 4) is 0 Å². The third-order valence-electron chi connectivity index (χ3n) is 4.05. The molecule has 1 rings (SSSR count). The Balaban J connectivity index is 2.94. The van der Waals surface area contributed by atoms with Gasteiger partial charge in [-0.15, -0.1) is 0 Å². The van der Waals surface area contributed by atoms with Crippen LogP contribution in [-0.4, -0.2) is 28.3 Å². The van der Waals surface area contributed by atoms with Crippen molar-refractivity contribution < 1.29 is 0 Å². The minimum absolute atomic E-state index is 1.07. The summed E-state index contributed by atoms with van der Waals surface area (Å²) >= 11 is -2.29. The topological polar surface area (TPSA) is 25.8 Å². The van der Waals surface area contributed by atoms with Gasteiger partial charge >= 0.3 is 123 Å². The van der Waals surface area contributed by atoms with Crippen molar-refractivity contribution in [3.63, 3.8) is 0 Å². The average Bonchev–Trinajstić information content (AvgIpc) is 2.48. The summed E-state index contributed by atoms with van der Waals surface area (Å²) in [5.74, 6) is 0. The predicted octanol–water partition coefficient (Wildman–Crippen LogP) is 4.35. The number of nitrogens with zero attached hydrogens (tertiary/aromatic N) is 2. The van der Waals surface area contributed by atoms with E-state index in [1.54, 1.807) is 6.33 Å². The van der Waals surface area contributed by atoms with Gasteiger partial charge in [0.2, 0.25) is 0 Å². The summed E-state index contributed by atoms with van der Waals surface area (Å²) < 4.78 is 5.80. The average molecular weight is 368 g/mol. The molecular formula is C16H29N2Sn+. The van der Waals surface area contributed by atoms with Gasteiger partial charge in [0.25, 0.3) is 0 Å². The Bertz CT molecular complexity index is 305. The SMILES string of the molecule is [CH2+]CC[CH2][Sn]([CH2]CCC)([CH2]CCC)[c]1ccncn1. The quantitative estimate of drug-likeness (QED) is 0.454. The zero-order valence-electron chi connectivity index (χ0n) is 12.7. The third kappa shape index (κ3) is 5.33. The third-order valence-corrected chi connectivity index (χ3v) is 19.2. The molecule has 1 aromatic heterocycles. The van der Waals surface area contributed by atoms with E-state index in [1.165, 1.54) is 49.1 Å². The van der Waals surface area contributed by atoms with Crippen LogP contribution >= 0.6 is 0 Å². The molecule has 0 saturated heterocycles. The maximum absolute atomic E-state index is 4.67. The normalized spacial score (nSPS) is 11.7. The molecule has 0 bridgehead atoms. The summed E-state index contributed by atoms with van der Waals surface area (Å²) in [6.45, 7) is 8.65. The van der Waals surface area contributed by atoms with Gasteiger partial charge in [-0.25, -0.2) is 0 Å². The van der Waals surface area contributed by atoms with E-state index in [0.717, 1.165) is 6.42 Å². The van der Waals surface area contributed by atoms with Gasteiger partial charge in [0.1, 0.15) is 0 Å². The van der Waals surface area contributed by atoms with Gasteiger partial charge in [0.15, 0.2) is 0 Å². The first-order chi connectivity index (χ1) is 9.29. The van der Waals surface area contributed by atoms with Crippen LogP contribution in [0.3, 0.4) is 0 Å². The van der Waals surface area contributed by atoms with Gasteiger partial charge < -0.3 is 0 Å². The van der Waals surface area contributed by atoms with Crippen molar-refractivity contribution in [1.82, 2.24) is 9.97 Å². The summed E-state index contributed by atoms with van der Waals surface area (Å²) in [5.41, 5.74) is 0. The van der Waals surface area contributed by atoms with Crippen molar-refractivity contribution in [3.05, 3.63) is 25.5 Å². The fraction of sp³-hybridized carbons (Fsp3) is 0.688. The molecule has 0 fully saturated rings. The van der Waals surface area contributed by atoms with Crippen LogP contribution in [0.2, 0.25) is 13.3 Å². The molecule has 1 heterocycles. The number of aromatic nitrogens is 2. The molecule has 0 aliphatic rings. The molecule has 0 N–H and O–H groups in total. The van der Waals surface area contributed by atoms with E-state index in [0.29, 0.717) is 0 Å². The van der Waals surface area contributed by atoms with Crippen LogP contribution < -0.4 is 3.71 Å². The van der Waals surface area contributed by atoms with E-state index in [4.69, 9.17) is 0 Å². The Hall–Kier alpha value is -0.251. The molecule has 3 heteroatoms. The van der Waals surface area contributed by atoms with Crippen LogP contribution in [0.1, 0.15) is 52.4 Å². The van der Waals surface area contributed by atoms with E-state index < -0.39 is 18.4 Å². The first-order valence-electron chi connectivity index (χ1n) is 7.85. The van der Waals surface area contributed by atoms with Gasteiger partial charge in [-0.2, -0.15) is 0 Å². The molecular weight excluding hydrogens is 339 g/mol. The minimum atomic E-state index is -2.29. The van der Waals surface area contributed by atoms with E-state index in [1.807, 2.05) is 6.20 Å². The zero-order chi connectivity index (χ0) is 14.0. The van der Waals surface area contributed by atoms with Crippen LogP contribution in [-0.2, 0) is 0 Å². The summed E-state index contributed by atoms with van der Waals surface area (Å²) in [7, 11) is 0. The van der Waals surface area contributed by atoms with Gasteiger partial charge in [0, 0.05) is 0 Å². The molecule has 0 unspecified atom stereocenters. The van der Waals surface area contributed by atoms with Crippen molar-refractivity contribution in [1.29, 1.82) is 0 Å². The Morgan fingerprint density at radius 2 is 1.68 bits per heavy atom. The molecule has 0 spiro atoms. The molecule has 0 aliphatic heterocycles. The Labute approximate surface area is 123 Å². The van der Waals surface area contributed by atoms with Crippen molar-refractivity contribution >= 4 is 22.1 Å². The van der Waals surface area contributed by atoms with Crippen LogP contribution in [0.15, 0.2) is 18.6 Å². The predicted molar refractivity (Wildman–Crippen MR) is 86.2 cm³/mol. The summed E-state index contributed by atoms with van der Waals surface area (Å²) in [5, 5.41) is 0. The van der Waals surface area contributed by atoms with Gasteiger partial charge in [-0.05, 0) is 0 Å². The fourth-order valence-electron chi connectivity index (χ4n) is 2.86. The Morgan fingerprint density at radius 3 is 2.16 bits per heavy atom. The summed E-state index contributed by atoms with van der Waals surface area (Å²) in [4.78, 5) is 8.78. The molecule has 0 radical (unpaired) electrons. The monoisotopic (exact) mass is 369 g/mol. The van der Waals surface area contributed by atoms with Crippen LogP contribution in [0.4, 0.5) is 0 Å². The van der Waals surface area contributed by atoms with Gasteiger partial charge in [0.05, 0.1) is 0 Å². The fourth-order valence-corrected chi connectivity index (χ4v) is 17.9. The van der Waals surface area contributed by atoms with Crippen LogP contribution in [0.5, 0.6) is 0 Å². The van der Waals surface area contributed by atoms with Crippen LogP contribution in [0, 0.1) is 6.92 Å². The molecule has 0 amide bonds. The summed E-state index contributed by atoms with van der Waals surface area (Å²) in [6, 6.07) is 2.21. The number of rotatable bonds is 10. The molecule has 19 heavy (non-hydrogen) atoms. The van der Waals surface area contributed by atoms with E-state index in [-0.39, 0.29) is 0 Å².